The zero-order valence-corrected chi connectivity index (χ0v) is 9.48. The maximum absolute atomic E-state index is 13.0. The Morgan fingerprint density at radius 3 is 2.87 bits per heavy atom. The van der Waals surface area contributed by atoms with Crippen LogP contribution in [0, 0.1) is 5.82 Å². The fraction of sp³-hybridized carbons (Fsp3) is 0.200. The summed E-state index contributed by atoms with van der Waals surface area (Å²) in [7, 11) is -2.36. The van der Waals surface area contributed by atoms with Gasteiger partial charge in [-0.2, -0.15) is 0 Å². The van der Waals surface area contributed by atoms with E-state index in [1.165, 1.54) is 23.5 Å². The highest BCUT2D eigenvalue weighted by Crippen LogP contribution is 2.26. The van der Waals surface area contributed by atoms with Gasteiger partial charge < -0.3 is 0 Å². The number of aryl methyl sites for hydroxylation is 1. The standard InChI is InChI=1S/C10H9FO2S2/c11-8-1-2-10-9(5-8)7(6-14-10)3-4-15(12)13/h1-2,5-6,15H,3-4H2. The lowest BCUT2D eigenvalue weighted by atomic mass is 10.1. The lowest BCUT2D eigenvalue weighted by Crippen LogP contribution is -1.92. The Bertz CT molecular complexity index is 550. The smallest absolute Gasteiger partial charge is 0.140 e. The molecule has 2 nitrogen and oxygen atoms in total. The van der Waals surface area contributed by atoms with Crippen molar-refractivity contribution >= 4 is 32.1 Å². The summed E-state index contributed by atoms with van der Waals surface area (Å²) >= 11 is 1.51. The molecule has 0 saturated carbocycles. The quantitative estimate of drug-likeness (QED) is 0.840. The normalized spacial score (nSPS) is 11.3. The Balaban J connectivity index is 2.39. The second-order valence-corrected chi connectivity index (χ2v) is 5.23. The molecule has 0 aliphatic rings. The van der Waals surface area contributed by atoms with Gasteiger partial charge >= 0.3 is 0 Å². The van der Waals surface area contributed by atoms with Crippen LogP contribution in [0.2, 0.25) is 0 Å². The molecule has 0 radical (unpaired) electrons. The minimum Gasteiger partial charge on any atom is -0.232 e. The Kier molecular flexibility index (Phi) is 3.02. The van der Waals surface area contributed by atoms with Crippen molar-refractivity contribution < 1.29 is 12.8 Å². The van der Waals surface area contributed by atoms with Gasteiger partial charge in [0.2, 0.25) is 0 Å². The van der Waals surface area contributed by atoms with Crippen molar-refractivity contribution in [3.05, 3.63) is 35.0 Å². The first-order valence-corrected chi connectivity index (χ1v) is 6.68. The molecule has 0 fully saturated rings. The second-order valence-electron chi connectivity index (χ2n) is 3.21. The van der Waals surface area contributed by atoms with E-state index in [9.17, 15) is 12.8 Å². The van der Waals surface area contributed by atoms with Crippen LogP contribution in [0.3, 0.4) is 0 Å². The van der Waals surface area contributed by atoms with Crippen molar-refractivity contribution in [3.63, 3.8) is 0 Å². The van der Waals surface area contributed by atoms with E-state index >= 15 is 0 Å². The number of fused-ring (bicyclic) bond motifs is 1. The molecule has 1 aromatic heterocycles. The molecule has 0 aliphatic heterocycles. The Labute approximate surface area is 92.3 Å². The SMILES string of the molecule is O=[SH](=O)CCc1csc2ccc(F)cc12. The topological polar surface area (TPSA) is 34.1 Å². The summed E-state index contributed by atoms with van der Waals surface area (Å²) in [5.41, 5.74) is 0.911. The molecular weight excluding hydrogens is 235 g/mol. The number of rotatable bonds is 3. The zero-order valence-electron chi connectivity index (χ0n) is 7.77. The minimum atomic E-state index is -2.36. The molecule has 0 amide bonds. The first-order chi connectivity index (χ1) is 7.16. The summed E-state index contributed by atoms with van der Waals surface area (Å²) in [6.45, 7) is 0. The molecule has 5 heteroatoms. The minimum absolute atomic E-state index is 0.123. The van der Waals surface area contributed by atoms with Gasteiger partial charge in [-0.3, -0.25) is 0 Å². The van der Waals surface area contributed by atoms with Gasteiger partial charge in [0.05, 0.1) is 5.75 Å². The van der Waals surface area contributed by atoms with Crippen LogP contribution in [-0.2, 0) is 17.1 Å². The summed E-state index contributed by atoms with van der Waals surface area (Å²) in [5.74, 6) is -0.161. The molecule has 1 heterocycles. The first-order valence-electron chi connectivity index (χ1n) is 4.44. The van der Waals surface area contributed by atoms with E-state index in [4.69, 9.17) is 0 Å². The lowest BCUT2D eigenvalue weighted by molar-refractivity contribution is 0.614. The molecule has 2 rings (SSSR count). The van der Waals surface area contributed by atoms with Gasteiger partial charge in [-0.15, -0.1) is 11.3 Å². The van der Waals surface area contributed by atoms with Gasteiger partial charge in [0.1, 0.15) is 16.5 Å². The third kappa shape index (κ3) is 2.35. The Morgan fingerprint density at radius 2 is 2.13 bits per heavy atom. The number of hydrogen-bond acceptors (Lipinski definition) is 3. The van der Waals surface area contributed by atoms with Crippen molar-refractivity contribution in [1.82, 2.24) is 0 Å². The number of hydrogen-bond donors (Lipinski definition) is 1. The van der Waals surface area contributed by atoms with E-state index in [0.29, 0.717) is 6.42 Å². The average Bonchev–Trinajstić information content (AvgIpc) is 2.57. The van der Waals surface area contributed by atoms with Crippen LogP contribution in [0.4, 0.5) is 4.39 Å². The Hall–Kier alpha value is -0.940. The average molecular weight is 244 g/mol. The van der Waals surface area contributed by atoms with Crippen molar-refractivity contribution in [2.75, 3.05) is 5.75 Å². The van der Waals surface area contributed by atoms with Crippen LogP contribution in [0.25, 0.3) is 10.1 Å². The molecule has 80 valence electrons. The molecular formula is C10H9FO2S2. The fourth-order valence-corrected chi connectivity index (χ4v) is 2.86. The van der Waals surface area contributed by atoms with Crippen LogP contribution >= 0.6 is 11.3 Å². The highest BCUT2D eigenvalue weighted by molar-refractivity contribution is 7.72. The van der Waals surface area contributed by atoms with E-state index in [2.05, 4.69) is 0 Å². The third-order valence-electron chi connectivity index (χ3n) is 2.18. The summed E-state index contributed by atoms with van der Waals surface area (Å²) in [6.07, 6.45) is 0.460. The van der Waals surface area contributed by atoms with Crippen LogP contribution in [0.1, 0.15) is 5.56 Å². The summed E-state index contributed by atoms with van der Waals surface area (Å²) in [5, 5.41) is 2.72. The second kappa shape index (κ2) is 4.28. The van der Waals surface area contributed by atoms with E-state index in [1.54, 1.807) is 6.07 Å². The molecule has 0 saturated heterocycles. The van der Waals surface area contributed by atoms with E-state index in [0.717, 1.165) is 15.6 Å². The maximum Gasteiger partial charge on any atom is 0.140 e. The first kappa shape index (κ1) is 10.6. The van der Waals surface area contributed by atoms with Crippen LogP contribution < -0.4 is 0 Å². The van der Waals surface area contributed by atoms with Gasteiger partial charge in [-0.25, -0.2) is 12.8 Å². The zero-order chi connectivity index (χ0) is 10.8. The molecule has 0 bridgehead atoms. The molecule has 0 spiro atoms. The van der Waals surface area contributed by atoms with E-state index in [1.807, 2.05) is 5.38 Å². The molecule has 0 N–H and O–H groups in total. The van der Waals surface area contributed by atoms with Crippen molar-refractivity contribution in [2.45, 2.75) is 6.42 Å². The fourth-order valence-electron chi connectivity index (χ4n) is 1.46. The number of halogens is 1. The highest BCUT2D eigenvalue weighted by atomic mass is 32.2. The predicted octanol–water partition coefficient (Wildman–Crippen LogP) is 2.19. The molecule has 0 atom stereocenters. The molecule has 0 unspecified atom stereocenters. The maximum atomic E-state index is 13.0. The molecule has 0 aliphatic carbocycles. The monoisotopic (exact) mass is 244 g/mol. The van der Waals surface area contributed by atoms with Crippen LogP contribution in [0.5, 0.6) is 0 Å². The van der Waals surface area contributed by atoms with Gasteiger partial charge in [-0.05, 0) is 40.9 Å². The lowest BCUT2D eigenvalue weighted by Gasteiger charge is -1.95. The summed E-state index contributed by atoms with van der Waals surface area (Å²) < 4.78 is 34.9. The van der Waals surface area contributed by atoms with Gasteiger partial charge in [-0.1, -0.05) is 0 Å². The Morgan fingerprint density at radius 1 is 1.33 bits per heavy atom. The van der Waals surface area contributed by atoms with Crippen molar-refractivity contribution in [1.29, 1.82) is 0 Å². The summed E-state index contributed by atoms with van der Waals surface area (Å²) in [6, 6.07) is 4.59. The van der Waals surface area contributed by atoms with Gasteiger partial charge in [0.25, 0.3) is 0 Å². The van der Waals surface area contributed by atoms with Crippen LogP contribution in [0.15, 0.2) is 23.6 Å². The molecule has 2 aromatic rings. The van der Waals surface area contributed by atoms with Crippen molar-refractivity contribution in [2.24, 2.45) is 0 Å². The predicted molar refractivity (Wildman–Crippen MR) is 60.7 cm³/mol. The van der Waals surface area contributed by atoms with E-state index < -0.39 is 10.7 Å². The van der Waals surface area contributed by atoms with Gasteiger partial charge in [0.15, 0.2) is 0 Å². The third-order valence-corrected chi connectivity index (χ3v) is 3.78. The molecule has 15 heavy (non-hydrogen) atoms. The largest absolute Gasteiger partial charge is 0.232 e. The summed E-state index contributed by atoms with van der Waals surface area (Å²) in [4.78, 5) is 0. The highest BCUT2D eigenvalue weighted by Gasteiger charge is 2.05. The van der Waals surface area contributed by atoms with Crippen molar-refractivity contribution in [3.8, 4) is 0 Å². The number of thiol groups is 1. The van der Waals surface area contributed by atoms with Gasteiger partial charge in [0, 0.05) is 4.70 Å². The van der Waals surface area contributed by atoms with E-state index in [-0.39, 0.29) is 11.6 Å². The number of benzene rings is 1. The number of thiophene rings is 1. The van der Waals surface area contributed by atoms with Crippen LogP contribution in [-0.4, -0.2) is 14.2 Å². The molecule has 1 aromatic carbocycles.